The number of hydrogen-bond donors (Lipinski definition) is 1. The van der Waals surface area contributed by atoms with Crippen LogP contribution in [0.4, 0.5) is 0 Å². The Morgan fingerprint density at radius 1 is 0.914 bits per heavy atom. The fourth-order valence-electron chi connectivity index (χ4n) is 3.59. The number of amides is 1. The minimum atomic E-state index is -0.522. The second-order valence-electron chi connectivity index (χ2n) is 7.81. The van der Waals surface area contributed by atoms with Crippen molar-refractivity contribution in [2.75, 3.05) is 20.8 Å². The Kier molecular flexibility index (Phi) is 8.08. The molecule has 0 radical (unpaired) electrons. The smallest absolute Gasteiger partial charge is 0.249 e. The minimum absolute atomic E-state index is 0.0865. The first-order valence-corrected chi connectivity index (χ1v) is 11.2. The number of rotatable bonds is 11. The van der Waals surface area contributed by atoms with Crippen LogP contribution in [0, 0.1) is 0 Å². The third-order valence-corrected chi connectivity index (χ3v) is 5.34. The van der Waals surface area contributed by atoms with Crippen LogP contribution in [0.25, 0.3) is 11.4 Å². The second-order valence-corrected chi connectivity index (χ2v) is 7.81. The van der Waals surface area contributed by atoms with Gasteiger partial charge in [-0.05, 0) is 29.3 Å². The zero-order valence-electron chi connectivity index (χ0n) is 19.6. The van der Waals surface area contributed by atoms with Gasteiger partial charge in [-0.2, -0.15) is 4.98 Å². The third-order valence-electron chi connectivity index (χ3n) is 5.34. The molecule has 1 aromatic heterocycles. The molecular weight excluding hydrogens is 446 g/mol. The number of methoxy groups -OCH3 is 2. The summed E-state index contributed by atoms with van der Waals surface area (Å²) in [5.74, 6) is 1.57. The van der Waals surface area contributed by atoms with E-state index in [2.05, 4.69) is 15.5 Å². The summed E-state index contributed by atoms with van der Waals surface area (Å²) in [6.45, 7) is 0.262. The number of nitrogens with one attached hydrogen (secondary N) is 1. The molecule has 4 rings (SSSR count). The zero-order chi connectivity index (χ0) is 24.5. The van der Waals surface area contributed by atoms with Crippen LogP contribution in [0.3, 0.4) is 0 Å². The highest BCUT2D eigenvalue weighted by molar-refractivity contribution is 5.77. The summed E-state index contributed by atoms with van der Waals surface area (Å²) >= 11 is 0. The highest BCUT2D eigenvalue weighted by Gasteiger charge is 2.23. The first kappa shape index (κ1) is 24.0. The maximum atomic E-state index is 12.7. The van der Waals surface area contributed by atoms with E-state index in [-0.39, 0.29) is 12.5 Å². The number of nitrogens with zero attached hydrogens (tertiary/aromatic N) is 2. The predicted molar refractivity (Wildman–Crippen MR) is 130 cm³/mol. The van der Waals surface area contributed by atoms with Crippen molar-refractivity contribution in [2.24, 2.45) is 0 Å². The van der Waals surface area contributed by atoms with Crippen LogP contribution in [0.15, 0.2) is 83.4 Å². The van der Waals surface area contributed by atoms with Crippen molar-refractivity contribution in [1.29, 1.82) is 0 Å². The monoisotopic (exact) mass is 473 g/mol. The lowest BCUT2D eigenvalue weighted by Gasteiger charge is -2.15. The number of hydrogen-bond acceptors (Lipinski definition) is 7. The number of ether oxygens (including phenoxy) is 3. The van der Waals surface area contributed by atoms with Crippen LogP contribution in [-0.2, 0) is 22.6 Å². The quantitative estimate of drug-likeness (QED) is 0.346. The van der Waals surface area contributed by atoms with E-state index in [9.17, 15) is 4.79 Å². The molecule has 0 fully saturated rings. The fraction of sp³-hybridized carbons (Fsp3) is 0.222. The maximum absolute atomic E-state index is 12.7. The summed E-state index contributed by atoms with van der Waals surface area (Å²) in [7, 11) is 3.14. The Balaban J connectivity index is 1.48. The molecule has 0 bridgehead atoms. The molecular formula is C27H27N3O5. The van der Waals surface area contributed by atoms with E-state index in [4.69, 9.17) is 18.7 Å². The first-order valence-electron chi connectivity index (χ1n) is 11.2. The van der Waals surface area contributed by atoms with Gasteiger partial charge in [-0.25, -0.2) is 0 Å². The molecule has 3 aromatic carbocycles. The number of carbonyl (C=O) groups excluding carboxylic acids is 1. The van der Waals surface area contributed by atoms with Crippen LogP contribution in [0.1, 0.15) is 23.1 Å². The van der Waals surface area contributed by atoms with E-state index in [0.29, 0.717) is 41.8 Å². The van der Waals surface area contributed by atoms with E-state index < -0.39 is 6.04 Å². The van der Waals surface area contributed by atoms with E-state index >= 15 is 0 Å². The van der Waals surface area contributed by atoms with Gasteiger partial charge in [0.2, 0.25) is 17.6 Å². The topological polar surface area (TPSA) is 95.7 Å². The SMILES string of the molecule is COc1ccc(-c2noc(C(Cc3ccccc3)NC(=O)COCc3ccccc3)n2)cc1OC. The Labute approximate surface area is 203 Å². The van der Waals surface area contributed by atoms with Gasteiger partial charge in [0.1, 0.15) is 12.6 Å². The van der Waals surface area contributed by atoms with Crippen molar-refractivity contribution < 1.29 is 23.5 Å². The molecule has 1 N–H and O–H groups in total. The van der Waals surface area contributed by atoms with Crippen molar-refractivity contribution in [3.63, 3.8) is 0 Å². The Morgan fingerprint density at radius 2 is 1.60 bits per heavy atom. The summed E-state index contributed by atoms with van der Waals surface area (Å²) in [5.41, 5.74) is 2.72. The largest absolute Gasteiger partial charge is 0.493 e. The van der Waals surface area contributed by atoms with Gasteiger partial charge in [0.05, 0.1) is 20.8 Å². The van der Waals surface area contributed by atoms with Crippen molar-refractivity contribution >= 4 is 5.91 Å². The molecule has 1 amide bonds. The predicted octanol–water partition coefficient (Wildman–Crippen LogP) is 4.37. The van der Waals surface area contributed by atoms with Gasteiger partial charge in [-0.1, -0.05) is 65.8 Å². The summed E-state index contributed by atoms with van der Waals surface area (Å²) in [5, 5.41) is 7.09. The van der Waals surface area contributed by atoms with E-state index in [1.807, 2.05) is 66.7 Å². The molecule has 1 unspecified atom stereocenters. The van der Waals surface area contributed by atoms with Crippen LogP contribution in [-0.4, -0.2) is 36.9 Å². The molecule has 0 saturated carbocycles. The number of aromatic nitrogens is 2. The molecule has 35 heavy (non-hydrogen) atoms. The Hall–Kier alpha value is -4.17. The van der Waals surface area contributed by atoms with E-state index in [0.717, 1.165) is 11.1 Å². The van der Waals surface area contributed by atoms with Gasteiger partial charge in [0.25, 0.3) is 0 Å². The van der Waals surface area contributed by atoms with Crippen molar-refractivity contribution in [1.82, 2.24) is 15.5 Å². The lowest BCUT2D eigenvalue weighted by atomic mass is 10.1. The second kappa shape index (κ2) is 11.8. The molecule has 0 aliphatic rings. The van der Waals surface area contributed by atoms with Gasteiger partial charge in [0, 0.05) is 12.0 Å². The van der Waals surface area contributed by atoms with Gasteiger partial charge in [-0.3, -0.25) is 4.79 Å². The van der Waals surface area contributed by atoms with E-state index in [1.165, 1.54) is 0 Å². The van der Waals surface area contributed by atoms with E-state index in [1.54, 1.807) is 26.4 Å². The maximum Gasteiger partial charge on any atom is 0.249 e. The summed E-state index contributed by atoms with van der Waals surface area (Å²) < 4.78 is 21.8. The molecule has 0 aliphatic heterocycles. The fourth-order valence-corrected chi connectivity index (χ4v) is 3.59. The molecule has 180 valence electrons. The highest BCUT2D eigenvalue weighted by atomic mass is 16.5. The first-order chi connectivity index (χ1) is 17.2. The van der Waals surface area contributed by atoms with Crippen LogP contribution in [0.5, 0.6) is 11.5 Å². The average molecular weight is 474 g/mol. The molecule has 0 spiro atoms. The highest BCUT2D eigenvalue weighted by Crippen LogP contribution is 2.31. The summed E-state index contributed by atoms with van der Waals surface area (Å²) in [6.07, 6.45) is 0.485. The molecule has 1 heterocycles. The van der Waals surface area contributed by atoms with Crippen LogP contribution in [0.2, 0.25) is 0 Å². The molecule has 1 atom stereocenters. The molecule has 0 saturated heterocycles. The third kappa shape index (κ3) is 6.45. The Morgan fingerprint density at radius 3 is 2.29 bits per heavy atom. The molecule has 8 heteroatoms. The lowest BCUT2D eigenvalue weighted by Crippen LogP contribution is -2.33. The number of carbonyl (C=O) groups is 1. The van der Waals surface area contributed by atoms with Crippen molar-refractivity contribution in [3.05, 3.63) is 95.9 Å². The Bertz CT molecular complexity index is 1230. The van der Waals surface area contributed by atoms with Gasteiger partial charge in [0.15, 0.2) is 11.5 Å². The molecule has 8 nitrogen and oxygen atoms in total. The van der Waals surface area contributed by atoms with Crippen molar-refractivity contribution in [3.8, 4) is 22.9 Å². The average Bonchev–Trinajstić information content (AvgIpc) is 3.39. The number of benzene rings is 3. The molecule has 4 aromatic rings. The van der Waals surface area contributed by atoms with Crippen LogP contribution >= 0.6 is 0 Å². The van der Waals surface area contributed by atoms with Crippen LogP contribution < -0.4 is 14.8 Å². The normalized spacial score (nSPS) is 11.6. The summed E-state index contributed by atoms with van der Waals surface area (Å²) in [4.78, 5) is 17.2. The van der Waals surface area contributed by atoms with Crippen molar-refractivity contribution in [2.45, 2.75) is 19.1 Å². The standard InChI is InChI=1S/C27H27N3O5/c1-32-23-14-13-21(16-24(23)33-2)26-29-27(35-30-26)22(15-19-9-5-3-6-10-19)28-25(31)18-34-17-20-11-7-4-8-12-20/h3-14,16,22H,15,17-18H2,1-2H3,(H,28,31). The van der Waals surface area contributed by atoms with Gasteiger partial charge >= 0.3 is 0 Å². The zero-order valence-corrected chi connectivity index (χ0v) is 19.6. The lowest BCUT2D eigenvalue weighted by molar-refractivity contribution is -0.127. The minimum Gasteiger partial charge on any atom is -0.493 e. The summed E-state index contributed by atoms with van der Waals surface area (Å²) in [6, 6.07) is 24.3. The molecule has 0 aliphatic carbocycles. The van der Waals surface area contributed by atoms with Gasteiger partial charge in [-0.15, -0.1) is 0 Å². The van der Waals surface area contributed by atoms with Gasteiger partial charge < -0.3 is 24.1 Å².